The molecule has 2 aliphatic heterocycles. The standard InChI is InChI=1S/C16H24N2/c1-13(2)14-5-3-4-6-15(14)18-10-8-16(12-18)7-9-17-11-16/h3-6,13,17H,7-12H2,1-2H3. The Kier molecular flexibility index (Phi) is 3.06. The smallest absolute Gasteiger partial charge is 0.0401 e. The third-order valence-corrected chi connectivity index (χ3v) is 4.67. The van der Waals surface area contributed by atoms with E-state index in [1.54, 1.807) is 0 Å². The number of para-hydroxylation sites is 1. The van der Waals surface area contributed by atoms with Crippen molar-refractivity contribution in [3.8, 4) is 0 Å². The molecule has 2 nitrogen and oxygen atoms in total. The van der Waals surface area contributed by atoms with Crippen LogP contribution in [0.1, 0.15) is 38.2 Å². The Morgan fingerprint density at radius 3 is 2.78 bits per heavy atom. The SMILES string of the molecule is CC(C)c1ccccc1N1CCC2(CCNC2)C1. The van der Waals surface area contributed by atoms with Gasteiger partial charge in [-0.3, -0.25) is 0 Å². The van der Waals surface area contributed by atoms with Crippen molar-refractivity contribution in [1.29, 1.82) is 0 Å². The lowest BCUT2D eigenvalue weighted by Crippen LogP contribution is -2.29. The minimum Gasteiger partial charge on any atom is -0.371 e. The summed E-state index contributed by atoms with van der Waals surface area (Å²) >= 11 is 0. The fraction of sp³-hybridized carbons (Fsp3) is 0.625. The van der Waals surface area contributed by atoms with E-state index in [1.165, 1.54) is 50.3 Å². The van der Waals surface area contributed by atoms with Crippen LogP contribution >= 0.6 is 0 Å². The van der Waals surface area contributed by atoms with Crippen molar-refractivity contribution in [2.24, 2.45) is 5.41 Å². The van der Waals surface area contributed by atoms with Crippen LogP contribution in [0.15, 0.2) is 24.3 Å². The van der Waals surface area contributed by atoms with Gasteiger partial charge in [0, 0.05) is 30.7 Å². The average Bonchev–Trinajstić information content (AvgIpc) is 3.00. The normalized spacial score (nSPS) is 27.6. The maximum absolute atomic E-state index is 3.54. The highest BCUT2D eigenvalue weighted by Gasteiger charge is 2.40. The van der Waals surface area contributed by atoms with Crippen molar-refractivity contribution < 1.29 is 0 Å². The quantitative estimate of drug-likeness (QED) is 0.860. The van der Waals surface area contributed by atoms with Crippen LogP contribution in [-0.2, 0) is 0 Å². The Morgan fingerprint density at radius 1 is 1.22 bits per heavy atom. The van der Waals surface area contributed by atoms with Crippen molar-refractivity contribution in [2.75, 3.05) is 31.1 Å². The lowest BCUT2D eigenvalue weighted by Gasteiger charge is -2.26. The number of rotatable bonds is 2. The average molecular weight is 244 g/mol. The summed E-state index contributed by atoms with van der Waals surface area (Å²) in [7, 11) is 0. The predicted molar refractivity (Wildman–Crippen MR) is 77.3 cm³/mol. The minimum absolute atomic E-state index is 0.560. The van der Waals surface area contributed by atoms with Gasteiger partial charge in [-0.2, -0.15) is 0 Å². The summed E-state index contributed by atoms with van der Waals surface area (Å²) < 4.78 is 0. The molecular weight excluding hydrogens is 220 g/mol. The molecule has 3 rings (SSSR count). The van der Waals surface area contributed by atoms with Crippen molar-refractivity contribution in [3.63, 3.8) is 0 Å². The maximum atomic E-state index is 3.54. The topological polar surface area (TPSA) is 15.3 Å². The Bertz CT molecular complexity index is 419. The summed E-state index contributed by atoms with van der Waals surface area (Å²) in [4.78, 5) is 2.61. The third-order valence-electron chi connectivity index (χ3n) is 4.67. The Labute approximate surface area is 110 Å². The second-order valence-electron chi connectivity index (χ2n) is 6.31. The zero-order chi connectivity index (χ0) is 12.6. The monoisotopic (exact) mass is 244 g/mol. The van der Waals surface area contributed by atoms with Crippen molar-refractivity contribution in [1.82, 2.24) is 5.32 Å². The Morgan fingerprint density at radius 2 is 2.06 bits per heavy atom. The molecule has 2 fully saturated rings. The molecule has 2 heteroatoms. The van der Waals surface area contributed by atoms with Gasteiger partial charge >= 0.3 is 0 Å². The van der Waals surface area contributed by atoms with E-state index < -0.39 is 0 Å². The van der Waals surface area contributed by atoms with Gasteiger partial charge in [-0.1, -0.05) is 32.0 Å². The molecule has 0 amide bonds. The van der Waals surface area contributed by atoms with Crippen LogP contribution in [0.3, 0.4) is 0 Å². The maximum Gasteiger partial charge on any atom is 0.0401 e. The number of hydrogen-bond acceptors (Lipinski definition) is 2. The summed E-state index contributed by atoms with van der Waals surface area (Å²) in [6.45, 7) is 9.48. The zero-order valence-electron chi connectivity index (χ0n) is 11.6. The molecule has 0 aliphatic carbocycles. The van der Waals surface area contributed by atoms with Crippen LogP contribution in [0.25, 0.3) is 0 Å². The number of hydrogen-bond donors (Lipinski definition) is 1. The highest BCUT2D eigenvalue weighted by molar-refractivity contribution is 5.56. The van der Waals surface area contributed by atoms with Gasteiger partial charge in [-0.05, 0) is 36.9 Å². The van der Waals surface area contributed by atoms with Gasteiger partial charge in [0.1, 0.15) is 0 Å². The number of nitrogens with one attached hydrogen (secondary N) is 1. The molecule has 98 valence electrons. The van der Waals surface area contributed by atoms with E-state index in [4.69, 9.17) is 0 Å². The lowest BCUT2D eigenvalue weighted by atomic mass is 9.86. The predicted octanol–water partition coefficient (Wildman–Crippen LogP) is 3.00. The summed E-state index contributed by atoms with van der Waals surface area (Å²) in [5.74, 6) is 0.611. The number of anilines is 1. The second kappa shape index (κ2) is 4.58. The zero-order valence-corrected chi connectivity index (χ0v) is 11.6. The highest BCUT2D eigenvalue weighted by atomic mass is 15.2. The fourth-order valence-corrected chi connectivity index (χ4v) is 3.55. The number of benzene rings is 1. The van der Waals surface area contributed by atoms with Crippen molar-refractivity contribution in [3.05, 3.63) is 29.8 Å². The van der Waals surface area contributed by atoms with Gasteiger partial charge in [-0.25, -0.2) is 0 Å². The van der Waals surface area contributed by atoms with Gasteiger partial charge in [0.2, 0.25) is 0 Å². The lowest BCUT2D eigenvalue weighted by molar-refractivity contribution is 0.369. The number of nitrogens with zero attached hydrogens (tertiary/aromatic N) is 1. The molecule has 0 bridgehead atoms. The Balaban J connectivity index is 1.84. The van der Waals surface area contributed by atoms with E-state index >= 15 is 0 Å². The molecule has 1 spiro atoms. The molecule has 1 aromatic rings. The van der Waals surface area contributed by atoms with E-state index in [2.05, 4.69) is 48.3 Å². The molecule has 0 radical (unpaired) electrons. The van der Waals surface area contributed by atoms with Crippen LogP contribution < -0.4 is 10.2 Å². The fourth-order valence-electron chi connectivity index (χ4n) is 3.55. The van der Waals surface area contributed by atoms with Gasteiger partial charge in [0.05, 0.1) is 0 Å². The van der Waals surface area contributed by atoms with Crippen LogP contribution in [0.2, 0.25) is 0 Å². The van der Waals surface area contributed by atoms with Gasteiger partial charge in [-0.15, -0.1) is 0 Å². The Hall–Kier alpha value is -1.02. The molecule has 2 aliphatic rings. The molecule has 0 saturated carbocycles. The van der Waals surface area contributed by atoms with E-state index in [-0.39, 0.29) is 0 Å². The molecule has 1 unspecified atom stereocenters. The first-order chi connectivity index (χ1) is 8.70. The van der Waals surface area contributed by atoms with Crippen LogP contribution in [0.5, 0.6) is 0 Å². The molecule has 1 N–H and O–H groups in total. The molecule has 2 saturated heterocycles. The van der Waals surface area contributed by atoms with Crippen molar-refractivity contribution >= 4 is 5.69 Å². The highest BCUT2D eigenvalue weighted by Crippen LogP contribution is 2.40. The van der Waals surface area contributed by atoms with E-state index in [0.717, 1.165) is 0 Å². The summed E-state index contributed by atoms with van der Waals surface area (Å²) in [6.07, 6.45) is 2.71. The van der Waals surface area contributed by atoms with Gasteiger partial charge in [0.25, 0.3) is 0 Å². The molecular formula is C16H24N2. The summed E-state index contributed by atoms with van der Waals surface area (Å²) in [5.41, 5.74) is 3.53. The van der Waals surface area contributed by atoms with E-state index in [9.17, 15) is 0 Å². The van der Waals surface area contributed by atoms with Gasteiger partial charge in [0.15, 0.2) is 0 Å². The van der Waals surface area contributed by atoms with E-state index in [0.29, 0.717) is 11.3 Å². The largest absolute Gasteiger partial charge is 0.371 e. The molecule has 1 atom stereocenters. The van der Waals surface area contributed by atoms with Crippen LogP contribution in [0, 0.1) is 5.41 Å². The van der Waals surface area contributed by atoms with Crippen LogP contribution in [0.4, 0.5) is 5.69 Å². The van der Waals surface area contributed by atoms with Crippen LogP contribution in [-0.4, -0.2) is 26.2 Å². The van der Waals surface area contributed by atoms with E-state index in [1.807, 2.05) is 0 Å². The first-order valence-corrected chi connectivity index (χ1v) is 7.25. The second-order valence-corrected chi connectivity index (χ2v) is 6.31. The first-order valence-electron chi connectivity index (χ1n) is 7.25. The first kappa shape index (κ1) is 12.0. The third kappa shape index (κ3) is 2.03. The molecule has 1 aromatic carbocycles. The molecule has 18 heavy (non-hydrogen) atoms. The molecule has 0 aromatic heterocycles. The van der Waals surface area contributed by atoms with Gasteiger partial charge < -0.3 is 10.2 Å². The summed E-state index contributed by atoms with van der Waals surface area (Å²) in [5, 5.41) is 3.54. The minimum atomic E-state index is 0.560. The van der Waals surface area contributed by atoms with Crippen molar-refractivity contribution in [2.45, 2.75) is 32.6 Å². The molecule has 2 heterocycles. The summed E-state index contributed by atoms with van der Waals surface area (Å²) in [6, 6.07) is 8.94.